The van der Waals surface area contributed by atoms with E-state index in [0.29, 0.717) is 18.0 Å². The van der Waals surface area contributed by atoms with Crippen LogP contribution in [-0.2, 0) is 6.54 Å². The Labute approximate surface area is 163 Å². The monoisotopic (exact) mass is 420 g/mol. The number of fused-ring (bicyclic) bond motifs is 1. The molecule has 3 rings (SSSR count). The molecule has 2 heterocycles. The van der Waals surface area contributed by atoms with E-state index in [1.165, 1.54) is 0 Å². The van der Waals surface area contributed by atoms with Gasteiger partial charge in [-0.25, -0.2) is 4.98 Å². The second kappa shape index (κ2) is 8.63. The molecule has 1 saturated heterocycles. The largest absolute Gasteiger partial charge is 0.313 e. The van der Waals surface area contributed by atoms with E-state index in [0.717, 1.165) is 54.7 Å². The zero-order valence-electron chi connectivity index (χ0n) is 16.0. The summed E-state index contributed by atoms with van der Waals surface area (Å²) in [5, 5.41) is 4.25. The van der Waals surface area contributed by atoms with Gasteiger partial charge in [0.25, 0.3) is 5.56 Å². The molecule has 142 valence electrons. The number of nitrogens with zero attached hydrogens (tertiary/aromatic N) is 3. The van der Waals surface area contributed by atoms with E-state index in [2.05, 4.69) is 40.0 Å². The smallest absolute Gasteiger partial charge is 0.261 e. The van der Waals surface area contributed by atoms with Crippen molar-refractivity contribution in [1.82, 2.24) is 19.8 Å². The fourth-order valence-electron chi connectivity index (χ4n) is 3.94. The van der Waals surface area contributed by atoms with Crippen molar-refractivity contribution in [3.8, 4) is 0 Å². The molecule has 6 heteroatoms. The highest BCUT2D eigenvalue weighted by atomic mass is 79.9. The topological polar surface area (TPSA) is 50.2 Å². The minimum Gasteiger partial charge on any atom is -0.313 e. The van der Waals surface area contributed by atoms with E-state index in [9.17, 15) is 4.79 Å². The number of nitrogens with one attached hydrogen (secondary N) is 1. The van der Waals surface area contributed by atoms with Gasteiger partial charge in [0, 0.05) is 30.1 Å². The molecule has 1 aromatic carbocycles. The molecule has 1 aliphatic rings. The Bertz CT molecular complexity index is 819. The molecule has 1 aliphatic heterocycles. The van der Waals surface area contributed by atoms with Crippen molar-refractivity contribution in [3.05, 3.63) is 38.9 Å². The fraction of sp³-hybridized carbons (Fsp3) is 0.600. The molecule has 5 nitrogen and oxygen atoms in total. The van der Waals surface area contributed by atoms with Gasteiger partial charge in [-0.05, 0) is 51.4 Å². The zero-order chi connectivity index (χ0) is 18.7. The maximum Gasteiger partial charge on any atom is 0.261 e. The molecule has 0 unspecified atom stereocenters. The molecule has 0 radical (unpaired) electrons. The Hall–Kier alpha value is -1.24. The summed E-state index contributed by atoms with van der Waals surface area (Å²) in [5.74, 6) is 0.920. The number of hydrogen-bond donors (Lipinski definition) is 1. The van der Waals surface area contributed by atoms with Crippen molar-refractivity contribution >= 4 is 26.8 Å². The molecule has 26 heavy (non-hydrogen) atoms. The van der Waals surface area contributed by atoms with Gasteiger partial charge < -0.3 is 5.32 Å². The Balaban J connectivity index is 2.12. The summed E-state index contributed by atoms with van der Waals surface area (Å²) in [7, 11) is 0. The summed E-state index contributed by atoms with van der Waals surface area (Å²) in [6, 6.07) is 6.42. The first-order valence-corrected chi connectivity index (χ1v) is 10.5. The first kappa shape index (κ1) is 19.5. The third-order valence-corrected chi connectivity index (χ3v) is 5.68. The van der Waals surface area contributed by atoms with Crippen molar-refractivity contribution < 1.29 is 0 Å². The molecule has 0 spiro atoms. The second-order valence-electron chi connectivity index (χ2n) is 7.19. The van der Waals surface area contributed by atoms with Crippen LogP contribution in [0.15, 0.2) is 27.5 Å². The van der Waals surface area contributed by atoms with Crippen LogP contribution in [0.1, 0.15) is 51.9 Å². The first-order chi connectivity index (χ1) is 12.5. The lowest BCUT2D eigenvalue weighted by atomic mass is 10.1. The molecular weight excluding hydrogens is 392 g/mol. The van der Waals surface area contributed by atoms with Gasteiger partial charge in [-0.1, -0.05) is 29.3 Å². The lowest BCUT2D eigenvalue weighted by Crippen LogP contribution is -2.40. The normalized spacial score (nSPS) is 20.2. The highest BCUT2D eigenvalue weighted by Gasteiger charge is 2.27. The van der Waals surface area contributed by atoms with Crippen LogP contribution in [0.5, 0.6) is 0 Å². The number of aromatic nitrogens is 2. The summed E-state index contributed by atoms with van der Waals surface area (Å²) in [6.07, 6.45) is 3.21. The van der Waals surface area contributed by atoms with Gasteiger partial charge in [-0.15, -0.1) is 0 Å². The summed E-state index contributed by atoms with van der Waals surface area (Å²) >= 11 is 3.47. The molecule has 0 aliphatic carbocycles. The second-order valence-corrected chi connectivity index (χ2v) is 8.10. The van der Waals surface area contributed by atoms with Gasteiger partial charge in [0.1, 0.15) is 5.82 Å². The quantitative estimate of drug-likeness (QED) is 0.800. The Kier molecular flexibility index (Phi) is 6.48. The summed E-state index contributed by atoms with van der Waals surface area (Å²) < 4.78 is 2.79. The lowest BCUT2D eigenvalue weighted by Gasteiger charge is -2.32. The highest BCUT2D eigenvalue weighted by Crippen LogP contribution is 2.27. The van der Waals surface area contributed by atoms with E-state index >= 15 is 0 Å². The van der Waals surface area contributed by atoms with Gasteiger partial charge in [-0.2, -0.15) is 0 Å². The standard InChI is InChI=1S/C20H29BrN4O/c1-4-7-18(24-11-6-10-22-14(3)13-24)19-23-17-9-8-15(21)12-16(17)20(26)25(19)5-2/h8-9,12,14,18,22H,4-7,10-11,13H2,1-3H3/t14-,18-/m1/s1. The molecule has 2 atom stereocenters. The average molecular weight is 421 g/mol. The molecule has 2 aromatic rings. The summed E-state index contributed by atoms with van der Waals surface area (Å²) in [5.41, 5.74) is 0.857. The van der Waals surface area contributed by atoms with E-state index in [1.807, 2.05) is 29.7 Å². The first-order valence-electron chi connectivity index (χ1n) is 9.72. The SMILES string of the molecule is CCC[C@H](c1nc2ccc(Br)cc2c(=O)n1CC)N1CCCN[C@H](C)C1. The van der Waals surface area contributed by atoms with E-state index < -0.39 is 0 Å². The average Bonchev–Trinajstić information content (AvgIpc) is 2.84. The van der Waals surface area contributed by atoms with Crippen molar-refractivity contribution in [2.75, 3.05) is 19.6 Å². The molecule has 0 bridgehead atoms. The fourth-order valence-corrected chi connectivity index (χ4v) is 4.30. The van der Waals surface area contributed by atoms with Crippen LogP contribution in [0.3, 0.4) is 0 Å². The third-order valence-electron chi connectivity index (χ3n) is 5.19. The molecule has 0 saturated carbocycles. The van der Waals surface area contributed by atoms with Crippen molar-refractivity contribution in [3.63, 3.8) is 0 Å². The number of benzene rings is 1. The minimum absolute atomic E-state index is 0.0656. The third kappa shape index (κ3) is 4.02. The summed E-state index contributed by atoms with van der Waals surface area (Å²) in [6.45, 7) is 10.2. The van der Waals surface area contributed by atoms with Crippen LogP contribution in [0.4, 0.5) is 0 Å². The Morgan fingerprint density at radius 1 is 1.38 bits per heavy atom. The van der Waals surface area contributed by atoms with Gasteiger partial charge in [0.2, 0.25) is 0 Å². The molecule has 1 aromatic heterocycles. The van der Waals surface area contributed by atoms with Gasteiger partial charge >= 0.3 is 0 Å². The molecular formula is C20H29BrN4O. The van der Waals surface area contributed by atoms with Crippen LogP contribution < -0.4 is 10.9 Å². The number of rotatable bonds is 5. The Morgan fingerprint density at radius 3 is 2.92 bits per heavy atom. The molecule has 1 N–H and O–H groups in total. The predicted octanol–water partition coefficient (Wildman–Crippen LogP) is 3.70. The lowest BCUT2D eigenvalue weighted by molar-refractivity contribution is 0.174. The minimum atomic E-state index is 0.0656. The summed E-state index contributed by atoms with van der Waals surface area (Å²) in [4.78, 5) is 20.6. The molecule has 0 amide bonds. The van der Waals surface area contributed by atoms with E-state index in [4.69, 9.17) is 4.98 Å². The van der Waals surface area contributed by atoms with Crippen LogP contribution in [0.25, 0.3) is 10.9 Å². The van der Waals surface area contributed by atoms with Gasteiger partial charge in [0.05, 0.1) is 16.9 Å². The van der Waals surface area contributed by atoms with Crippen LogP contribution in [0, 0.1) is 0 Å². The Morgan fingerprint density at radius 2 is 2.19 bits per heavy atom. The van der Waals surface area contributed by atoms with Crippen molar-refractivity contribution in [2.45, 2.75) is 58.7 Å². The van der Waals surface area contributed by atoms with Crippen LogP contribution in [-0.4, -0.2) is 40.1 Å². The molecule has 1 fully saturated rings. The highest BCUT2D eigenvalue weighted by molar-refractivity contribution is 9.10. The number of hydrogen-bond acceptors (Lipinski definition) is 4. The van der Waals surface area contributed by atoms with Gasteiger partial charge in [0.15, 0.2) is 0 Å². The maximum atomic E-state index is 13.1. The van der Waals surface area contributed by atoms with Crippen LogP contribution in [0.2, 0.25) is 0 Å². The van der Waals surface area contributed by atoms with E-state index in [-0.39, 0.29) is 11.6 Å². The predicted molar refractivity (Wildman–Crippen MR) is 111 cm³/mol. The zero-order valence-corrected chi connectivity index (χ0v) is 17.6. The van der Waals surface area contributed by atoms with E-state index in [1.54, 1.807) is 0 Å². The van der Waals surface area contributed by atoms with Crippen molar-refractivity contribution in [1.29, 1.82) is 0 Å². The van der Waals surface area contributed by atoms with Crippen LogP contribution >= 0.6 is 15.9 Å². The van der Waals surface area contributed by atoms with Crippen molar-refractivity contribution in [2.24, 2.45) is 0 Å². The number of halogens is 1. The van der Waals surface area contributed by atoms with Gasteiger partial charge in [-0.3, -0.25) is 14.3 Å². The maximum absolute atomic E-state index is 13.1.